The molecule has 2 nitrogen and oxygen atoms in total. The Balaban J connectivity index is 2.43. The van der Waals surface area contributed by atoms with Crippen molar-refractivity contribution in [1.82, 2.24) is 0 Å². The molecule has 1 aromatic carbocycles. The quantitative estimate of drug-likeness (QED) is 0.660. The van der Waals surface area contributed by atoms with E-state index >= 15 is 0 Å². The van der Waals surface area contributed by atoms with Gasteiger partial charge in [-0.3, -0.25) is 0 Å². The van der Waals surface area contributed by atoms with Crippen LogP contribution in [-0.4, -0.2) is 37.3 Å². The zero-order valence-electron chi connectivity index (χ0n) is 11.7. The Morgan fingerprint density at radius 1 is 0.941 bits per heavy atom. The molecule has 0 fully saturated rings. The minimum atomic E-state index is 0.804. The van der Waals surface area contributed by atoms with Gasteiger partial charge < -0.3 is 9.22 Å². The molecule has 17 heavy (non-hydrogen) atoms. The Hall–Kier alpha value is -1.02. The molecule has 0 aliphatic heterocycles. The molecule has 0 amide bonds. The second-order valence-electron chi connectivity index (χ2n) is 4.68. The lowest BCUT2D eigenvalue weighted by molar-refractivity contribution is -0.923. The molecule has 0 aromatic heterocycles. The van der Waals surface area contributed by atoms with Gasteiger partial charge in [0.25, 0.3) is 0 Å². The number of aryl methyl sites for hydroxylation is 1. The molecule has 0 radical (unpaired) electrons. The van der Waals surface area contributed by atoms with Crippen molar-refractivity contribution in [2.75, 3.05) is 32.8 Å². The highest BCUT2D eigenvalue weighted by Gasteiger charge is 2.20. The maximum Gasteiger partial charge on any atom is 0.137 e. The van der Waals surface area contributed by atoms with Crippen LogP contribution in [-0.2, 0) is 0 Å². The van der Waals surface area contributed by atoms with E-state index in [1.54, 1.807) is 0 Å². The summed E-state index contributed by atoms with van der Waals surface area (Å²) in [5.74, 6) is 0.983. The largest absolute Gasteiger partial charge is 0.488 e. The van der Waals surface area contributed by atoms with E-state index in [4.69, 9.17) is 4.74 Å². The monoisotopic (exact) mass is 236 g/mol. The van der Waals surface area contributed by atoms with Crippen LogP contribution in [0.4, 0.5) is 0 Å². The van der Waals surface area contributed by atoms with Gasteiger partial charge in [-0.15, -0.1) is 0 Å². The van der Waals surface area contributed by atoms with Crippen molar-refractivity contribution in [2.24, 2.45) is 0 Å². The lowest BCUT2D eigenvalue weighted by Crippen LogP contribution is -2.49. The van der Waals surface area contributed by atoms with Gasteiger partial charge in [-0.1, -0.05) is 17.7 Å². The highest BCUT2D eigenvalue weighted by molar-refractivity contribution is 5.26. The third-order valence-corrected chi connectivity index (χ3v) is 3.87. The van der Waals surface area contributed by atoms with Gasteiger partial charge in [-0.25, -0.2) is 0 Å². The minimum absolute atomic E-state index is 0.804. The normalized spacial score (nSPS) is 11.5. The molecule has 0 spiro atoms. The number of nitrogens with zero attached hydrogens (tertiary/aromatic N) is 1. The van der Waals surface area contributed by atoms with Gasteiger partial charge in [0.05, 0.1) is 19.6 Å². The Morgan fingerprint density at radius 3 is 1.94 bits per heavy atom. The highest BCUT2D eigenvalue weighted by atomic mass is 16.5. The van der Waals surface area contributed by atoms with Gasteiger partial charge in [0.15, 0.2) is 0 Å². The average molecular weight is 236 g/mol. The van der Waals surface area contributed by atoms with Gasteiger partial charge >= 0.3 is 0 Å². The summed E-state index contributed by atoms with van der Waals surface area (Å²) >= 11 is 0. The molecule has 0 aliphatic carbocycles. The summed E-state index contributed by atoms with van der Waals surface area (Å²) in [7, 11) is 0. The van der Waals surface area contributed by atoms with Crippen LogP contribution in [0.25, 0.3) is 0 Å². The fraction of sp³-hybridized carbons (Fsp3) is 0.600. The fourth-order valence-corrected chi connectivity index (χ4v) is 2.14. The van der Waals surface area contributed by atoms with Crippen LogP contribution in [0.5, 0.6) is 5.75 Å². The minimum Gasteiger partial charge on any atom is -0.488 e. The number of hydrogen-bond donors (Lipinski definition) is 0. The summed E-state index contributed by atoms with van der Waals surface area (Å²) in [5.41, 5.74) is 1.28. The number of ether oxygens (including phenoxy) is 1. The summed E-state index contributed by atoms with van der Waals surface area (Å²) in [5, 5.41) is 0. The smallest absolute Gasteiger partial charge is 0.137 e. The van der Waals surface area contributed by atoms with Crippen LogP contribution in [0.2, 0.25) is 0 Å². The second kappa shape index (κ2) is 6.65. The third-order valence-electron chi connectivity index (χ3n) is 3.87. The molecule has 0 N–H and O–H groups in total. The van der Waals surface area contributed by atoms with E-state index in [0.717, 1.165) is 23.4 Å². The van der Waals surface area contributed by atoms with Crippen molar-refractivity contribution in [2.45, 2.75) is 27.7 Å². The van der Waals surface area contributed by atoms with Gasteiger partial charge in [0.2, 0.25) is 0 Å². The van der Waals surface area contributed by atoms with E-state index in [9.17, 15) is 0 Å². The van der Waals surface area contributed by atoms with E-state index in [1.165, 1.54) is 25.2 Å². The first-order valence-corrected chi connectivity index (χ1v) is 6.70. The Labute approximate surface area is 106 Å². The molecular weight excluding hydrogens is 210 g/mol. The Kier molecular flexibility index (Phi) is 5.49. The summed E-state index contributed by atoms with van der Waals surface area (Å²) in [6.45, 7) is 14.3. The molecular formula is C15H26NO+. The number of rotatable bonds is 7. The molecule has 0 unspecified atom stereocenters. The van der Waals surface area contributed by atoms with Crippen LogP contribution in [0.1, 0.15) is 26.3 Å². The van der Waals surface area contributed by atoms with Gasteiger partial charge in [-0.2, -0.15) is 0 Å². The van der Waals surface area contributed by atoms with E-state index in [1.807, 2.05) is 12.1 Å². The molecule has 0 aliphatic rings. The lowest BCUT2D eigenvalue weighted by atomic mass is 10.2. The molecule has 1 rings (SSSR count). The second-order valence-corrected chi connectivity index (χ2v) is 4.68. The highest BCUT2D eigenvalue weighted by Crippen LogP contribution is 2.12. The Bertz CT molecular complexity index is 306. The fourth-order valence-electron chi connectivity index (χ4n) is 2.14. The molecule has 0 atom stereocenters. The molecule has 0 saturated carbocycles. The summed E-state index contributed by atoms with van der Waals surface area (Å²) in [6.07, 6.45) is 0. The lowest BCUT2D eigenvalue weighted by Gasteiger charge is -2.35. The maximum atomic E-state index is 5.81. The van der Waals surface area contributed by atoms with Crippen LogP contribution < -0.4 is 4.74 Å². The van der Waals surface area contributed by atoms with Crippen molar-refractivity contribution in [3.63, 3.8) is 0 Å². The third kappa shape index (κ3) is 4.04. The van der Waals surface area contributed by atoms with E-state index in [2.05, 4.69) is 39.8 Å². The number of quaternary nitrogens is 1. The zero-order valence-corrected chi connectivity index (χ0v) is 11.7. The van der Waals surface area contributed by atoms with Crippen molar-refractivity contribution in [1.29, 1.82) is 0 Å². The van der Waals surface area contributed by atoms with Crippen molar-refractivity contribution in [3.8, 4) is 5.75 Å². The van der Waals surface area contributed by atoms with Crippen molar-refractivity contribution in [3.05, 3.63) is 29.8 Å². The topological polar surface area (TPSA) is 9.23 Å². The molecule has 0 saturated heterocycles. The van der Waals surface area contributed by atoms with E-state index in [-0.39, 0.29) is 0 Å². The van der Waals surface area contributed by atoms with E-state index < -0.39 is 0 Å². The SMILES string of the molecule is CC[N+](CC)(CC)CCOc1ccc(C)cc1. The van der Waals surface area contributed by atoms with E-state index in [0.29, 0.717) is 0 Å². The first-order chi connectivity index (χ1) is 8.15. The number of likely N-dealkylation sites (N-methyl/N-ethyl adjacent to an activating group) is 1. The van der Waals surface area contributed by atoms with Gasteiger partial charge in [0, 0.05) is 0 Å². The van der Waals surface area contributed by atoms with Crippen LogP contribution in [0.3, 0.4) is 0 Å². The predicted molar refractivity (Wildman–Crippen MR) is 73.4 cm³/mol. The number of hydrogen-bond acceptors (Lipinski definition) is 1. The maximum absolute atomic E-state index is 5.81. The molecule has 0 bridgehead atoms. The van der Waals surface area contributed by atoms with Crippen molar-refractivity contribution < 1.29 is 9.22 Å². The predicted octanol–water partition coefficient (Wildman–Crippen LogP) is 3.25. The molecule has 2 heteroatoms. The van der Waals surface area contributed by atoms with Crippen LogP contribution in [0, 0.1) is 6.92 Å². The first kappa shape index (κ1) is 14.0. The first-order valence-electron chi connectivity index (χ1n) is 6.70. The molecule has 0 heterocycles. The summed E-state index contributed by atoms with van der Waals surface area (Å²) in [6, 6.07) is 8.29. The van der Waals surface area contributed by atoms with Crippen LogP contribution >= 0.6 is 0 Å². The van der Waals surface area contributed by atoms with Gasteiger partial charge in [-0.05, 0) is 39.8 Å². The summed E-state index contributed by atoms with van der Waals surface area (Å²) in [4.78, 5) is 0. The number of benzene rings is 1. The average Bonchev–Trinajstić information content (AvgIpc) is 2.38. The van der Waals surface area contributed by atoms with Gasteiger partial charge in [0.1, 0.15) is 18.9 Å². The standard InChI is InChI=1S/C15H26NO/c1-5-16(6-2,7-3)12-13-17-15-10-8-14(4)9-11-15/h8-11H,5-7,12-13H2,1-4H3/q+1. The Morgan fingerprint density at radius 2 is 1.47 bits per heavy atom. The molecule has 1 aromatic rings. The molecule has 96 valence electrons. The summed E-state index contributed by atoms with van der Waals surface area (Å²) < 4.78 is 6.95. The zero-order chi connectivity index (χ0) is 12.7. The van der Waals surface area contributed by atoms with Crippen LogP contribution in [0.15, 0.2) is 24.3 Å². The van der Waals surface area contributed by atoms with Crippen molar-refractivity contribution >= 4 is 0 Å².